The van der Waals surface area contributed by atoms with Crippen molar-refractivity contribution in [1.29, 1.82) is 0 Å². The van der Waals surface area contributed by atoms with Gasteiger partial charge in [-0.1, -0.05) is 30.1 Å². The van der Waals surface area contributed by atoms with E-state index in [0.717, 1.165) is 18.7 Å². The van der Waals surface area contributed by atoms with E-state index in [-0.39, 0.29) is 0 Å². The fourth-order valence-electron chi connectivity index (χ4n) is 1.53. The van der Waals surface area contributed by atoms with Gasteiger partial charge >= 0.3 is 0 Å². The van der Waals surface area contributed by atoms with Crippen LogP contribution in [0.4, 0.5) is 5.69 Å². The van der Waals surface area contributed by atoms with Crippen molar-refractivity contribution in [2.24, 2.45) is 0 Å². The fourth-order valence-corrected chi connectivity index (χ4v) is 1.97. The van der Waals surface area contributed by atoms with Crippen LogP contribution in [-0.4, -0.2) is 11.5 Å². The Kier molecular flexibility index (Phi) is 4.88. The minimum absolute atomic E-state index is 0.472. The number of hydrogen-bond donors (Lipinski definition) is 1. The lowest BCUT2D eigenvalue weighted by molar-refractivity contribution is 0.481. The number of aromatic nitrogens is 1. The first-order valence-electron chi connectivity index (χ1n) is 6.01. The summed E-state index contributed by atoms with van der Waals surface area (Å²) in [7, 11) is 0. The molecule has 19 heavy (non-hydrogen) atoms. The van der Waals surface area contributed by atoms with E-state index in [0.29, 0.717) is 21.5 Å². The molecule has 0 aliphatic rings. The third-order valence-corrected chi connectivity index (χ3v) is 2.94. The van der Waals surface area contributed by atoms with E-state index in [1.54, 1.807) is 30.6 Å². The van der Waals surface area contributed by atoms with Crippen LogP contribution in [0.5, 0.6) is 11.5 Å². The molecule has 0 amide bonds. The molecule has 100 valence electrons. The van der Waals surface area contributed by atoms with Crippen molar-refractivity contribution in [2.45, 2.75) is 13.3 Å². The number of hydrogen-bond acceptors (Lipinski definition) is 3. The maximum absolute atomic E-state index is 6.06. The van der Waals surface area contributed by atoms with Gasteiger partial charge < -0.3 is 10.1 Å². The molecule has 1 aromatic carbocycles. The average Bonchev–Trinajstić information content (AvgIpc) is 2.40. The SMILES string of the molecule is CCCNc1cncc(Oc2ccc(Cl)cc2Cl)c1. The minimum Gasteiger partial charge on any atom is -0.454 e. The van der Waals surface area contributed by atoms with Crippen molar-refractivity contribution in [3.63, 3.8) is 0 Å². The van der Waals surface area contributed by atoms with E-state index in [1.165, 1.54) is 0 Å². The van der Waals surface area contributed by atoms with Crippen LogP contribution in [0.1, 0.15) is 13.3 Å². The lowest BCUT2D eigenvalue weighted by atomic mass is 10.3. The Morgan fingerprint density at radius 2 is 2.05 bits per heavy atom. The zero-order chi connectivity index (χ0) is 13.7. The van der Waals surface area contributed by atoms with Crippen molar-refractivity contribution >= 4 is 28.9 Å². The third kappa shape index (κ3) is 4.01. The highest BCUT2D eigenvalue weighted by atomic mass is 35.5. The van der Waals surface area contributed by atoms with E-state index in [4.69, 9.17) is 27.9 Å². The summed E-state index contributed by atoms with van der Waals surface area (Å²) in [5, 5.41) is 4.30. The molecule has 0 fully saturated rings. The summed E-state index contributed by atoms with van der Waals surface area (Å²) in [5.74, 6) is 1.19. The highest BCUT2D eigenvalue weighted by Gasteiger charge is 2.05. The summed E-state index contributed by atoms with van der Waals surface area (Å²) >= 11 is 11.9. The second-order valence-electron chi connectivity index (χ2n) is 4.01. The average molecular weight is 297 g/mol. The maximum Gasteiger partial charge on any atom is 0.147 e. The molecule has 1 N–H and O–H groups in total. The largest absolute Gasteiger partial charge is 0.454 e. The first-order valence-corrected chi connectivity index (χ1v) is 6.76. The number of anilines is 1. The topological polar surface area (TPSA) is 34.2 Å². The van der Waals surface area contributed by atoms with Gasteiger partial charge in [-0.15, -0.1) is 0 Å². The highest BCUT2D eigenvalue weighted by molar-refractivity contribution is 6.35. The number of rotatable bonds is 5. The Morgan fingerprint density at radius 1 is 1.21 bits per heavy atom. The summed E-state index contributed by atoms with van der Waals surface area (Å²) in [5.41, 5.74) is 0.921. The molecule has 5 heteroatoms. The fraction of sp³-hybridized carbons (Fsp3) is 0.214. The number of pyridine rings is 1. The summed E-state index contributed by atoms with van der Waals surface area (Å²) in [4.78, 5) is 4.12. The van der Waals surface area contributed by atoms with Gasteiger partial charge in [0, 0.05) is 17.6 Å². The number of nitrogens with zero attached hydrogens (tertiary/aromatic N) is 1. The van der Waals surface area contributed by atoms with Gasteiger partial charge in [-0.2, -0.15) is 0 Å². The summed E-state index contributed by atoms with van der Waals surface area (Å²) in [6.45, 7) is 3.00. The Morgan fingerprint density at radius 3 is 2.79 bits per heavy atom. The Bertz CT molecular complexity index is 561. The molecule has 0 aliphatic carbocycles. The molecule has 0 aliphatic heterocycles. The van der Waals surface area contributed by atoms with Gasteiger partial charge in [-0.25, -0.2) is 0 Å². The minimum atomic E-state index is 0.472. The molecule has 2 aromatic rings. The Labute approximate surface area is 122 Å². The molecule has 2 rings (SSSR count). The second kappa shape index (κ2) is 6.64. The molecule has 0 bridgehead atoms. The van der Waals surface area contributed by atoms with Crippen molar-refractivity contribution in [2.75, 3.05) is 11.9 Å². The number of ether oxygens (including phenoxy) is 1. The normalized spacial score (nSPS) is 10.3. The molecule has 3 nitrogen and oxygen atoms in total. The first kappa shape index (κ1) is 14.0. The monoisotopic (exact) mass is 296 g/mol. The van der Waals surface area contributed by atoms with Crippen LogP contribution in [0.25, 0.3) is 0 Å². The summed E-state index contributed by atoms with van der Waals surface area (Å²) < 4.78 is 5.69. The van der Waals surface area contributed by atoms with Gasteiger partial charge in [0.05, 0.1) is 23.1 Å². The predicted octanol–water partition coefficient (Wildman–Crippen LogP) is 5.00. The molecule has 0 radical (unpaired) electrons. The third-order valence-electron chi connectivity index (χ3n) is 2.41. The molecule has 0 spiro atoms. The summed E-state index contributed by atoms with van der Waals surface area (Å²) in [6, 6.07) is 6.99. The molecule has 0 atom stereocenters. The molecular weight excluding hydrogens is 283 g/mol. The van der Waals surface area contributed by atoms with Crippen LogP contribution in [0, 0.1) is 0 Å². The van der Waals surface area contributed by atoms with Crippen LogP contribution in [0.2, 0.25) is 10.0 Å². The van der Waals surface area contributed by atoms with Gasteiger partial charge in [-0.3, -0.25) is 4.98 Å². The van der Waals surface area contributed by atoms with E-state index in [2.05, 4.69) is 17.2 Å². The van der Waals surface area contributed by atoms with Crippen LogP contribution in [0.3, 0.4) is 0 Å². The van der Waals surface area contributed by atoms with E-state index < -0.39 is 0 Å². The van der Waals surface area contributed by atoms with Gasteiger partial charge in [0.15, 0.2) is 0 Å². The van der Waals surface area contributed by atoms with Crippen molar-refractivity contribution < 1.29 is 4.74 Å². The van der Waals surface area contributed by atoms with E-state index >= 15 is 0 Å². The second-order valence-corrected chi connectivity index (χ2v) is 4.86. The van der Waals surface area contributed by atoms with Crippen LogP contribution in [-0.2, 0) is 0 Å². The summed E-state index contributed by atoms with van der Waals surface area (Å²) in [6.07, 6.45) is 4.45. The smallest absolute Gasteiger partial charge is 0.147 e. The lowest BCUT2D eigenvalue weighted by Crippen LogP contribution is -2.00. The van der Waals surface area contributed by atoms with Gasteiger partial charge in [0.1, 0.15) is 11.5 Å². The van der Waals surface area contributed by atoms with Gasteiger partial charge in [-0.05, 0) is 24.6 Å². The highest BCUT2D eigenvalue weighted by Crippen LogP contribution is 2.31. The number of benzene rings is 1. The molecule has 0 unspecified atom stereocenters. The molecule has 0 saturated heterocycles. The molecular formula is C14H14Cl2N2O. The first-order chi connectivity index (χ1) is 9.19. The van der Waals surface area contributed by atoms with E-state index in [1.807, 2.05) is 6.07 Å². The number of halogens is 2. The van der Waals surface area contributed by atoms with Gasteiger partial charge in [0.25, 0.3) is 0 Å². The standard InChI is InChI=1S/C14H14Cl2N2O/c1-2-5-18-11-7-12(9-17-8-11)19-14-4-3-10(15)6-13(14)16/h3-4,6-9,18H,2,5H2,1H3. The van der Waals surface area contributed by atoms with Crippen molar-refractivity contribution in [3.05, 3.63) is 46.7 Å². The maximum atomic E-state index is 6.06. The Hall–Kier alpha value is -1.45. The number of nitrogens with one attached hydrogen (secondary N) is 1. The van der Waals surface area contributed by atoms with Crippen LogP contribution < -0.4 is 10.1 Å². The van der Waals surface area contributed by atoms with Crippen LogP contribution >= 0.6 is 23.2 Å². The zero-order valence-corrected chi connectivity index (χ0v) is 12.0. The predicted molar refractivity (Wildman–Crippen MR) is 79.6 cm³/mol. The lowest BCUT2D eigenvalue weighted by Gasteiger charge is -2.09. The van der Waals surface area contributed by atoms with Gasteiger partial charge in [0.2, 0.25) is 0 Å². The Balaban J connectivity index is 2.14. The van der Waals surface area contributed by atoms with Crippen molar-refractivity contribution in [1.82, 2.24) is 4.98 Å². The van der Waals surface area contributed by atoms with E-state index in [9.17, 15) is 0 Å². The molecule has 0 saturated carbocycles. The van der Waals surface area contributed by atoms with Crippen molar-refractivity contribution in [3.8, 4) is 11.5 Å². The molecule has 1 aromatic heterocycles. The quantitative estimate of drug-likeness (QED) is 0.843. The zero-order valence-electron chi connectivity index (χ0n) is 10.5. The molecule has 1 heterocycles. The van der Waals surface area contributed by atoms with Crippen LogP contribution in [0.15, 0.2) is 36.7 Å².